The fraction of sp³-hybridized carbons (Fsp3) is 0.214. The summed E-state index contributed by atoms with van der Waals surface area (Å²) in [4.78, 5) is 14.7. The molecule has 0 N–H and O–H groups in total. The first-order valence-electron chi connectivity index (χ1n) is 6.06. The van der Waals surface area contributed by atoms with Crippen LogP contribution in [0.2, 0.25) is 4.34 Å². The molecule has 1 aromatic carbocycles. The Morgan fingerprint density at radius 3 is 2.75 bits per heavy atom. The van der Waals surface area contributed by atoms with Crippen molar-refractivity contribution in [1.82, 2.24) is 4.98 Å². The molecule has 0 radical (unpaired) electrons. The number of nitro groups is 1. The minimum atomic E-state index is -0.408. The number of halogens is 1. The van der Waals surface area contributed by atoms with Gasteiger partial charge in [0.05, 0.1) is 10.6 Å². The van der Waals surface area contributed by atoms with Gasteiger partial charge in [-0.2, -0.15) is 0 Å². The van der Waals surface area contributed by atoms with Gasteiger partial charge in [-0.15, -0.1) is 11.3 Å². The van der Waals surface area contributed by atoms with E-state index in [2.05, 4.69) is 4.98 Å². The molecule has 0 unspecified atom stereocenters. The van der Waals surface area contributed by atoms with Crippen LogP contribution in [0.25, 0.3) is 12.2 Å². The highest BCUT2D eigenvalue weighted by Crippen LogP contribution is 2.30. The van der Waals surface area contributed by atoms with Crippen LogP contribution in [0, 0.1) is 10.1 Å². The van der Waals surface area contributed by atoms with Crippen molar-refractivity contribution in [3.63, 3.8) is 0 Å². The third-order valence-electron chi connectivity index (χ3n) is 2.67. The molecule has 0 bridgehead atoms. The summed E-state index contributed by atoms with van der Waals surface area (Å²) in [5, 5.41) is 11.5. The lowest BCUT2D eigenvalue weighted by atomic mass is 10.2. The molecule has 104 valence electrons. The Bertz CT molecular complexity index is 665. The predicted molar refractivity (Wildman–Crippen MR) is 83.2 cm³/mol. The summed E-state index contributed by atoms with van der Waals surface area (Å²) in [5.74, 6) is 0.277. The molecule has 1 aromatic heterocycles. The van der Waals surface area contributed by atoms with Gasteiger partial charge >= 0.3 is 0 Å². The van der Waals surface area contributed by atoms with Crippen molar-refractivity contribution in [2.45, 2.75) is 19.8 Å². The Hall–Kier alpha value is -1.72. The van der Waals surface area contributed by atoms with Crippen LogP contribution >= 0.6 is 22.9 Å². The number of hydrogen-bond donors (Lipinski definition) is 0. The third-order valence-corrected chi connectivity index (χ3v) is 3.92. The molecule has 2 aromatic rings. The first-order chi connectivity index (χ1) is 9.47. The van der Waals surface area contributed by atoms with Crippen molar-refractivity contribution in [3.8, 4) is 0 Å². The third kappa shape index (κ3) is 3.43. The lowest BCUT2D eigenvalue weighted by molar-refractivity contribution is -0.384. The fourth-order valence-electron chi connectivity index (χ4n) is 1.67. The minimum Gasteiger partial charge on any atom is -0.258 e. The van der Waals surface area contributed by atoms with E-state index >= 15 is 0 Å². The first-order valence-corrected chi connectivity index (χ1v) is 7.25. The van der Waals surface area contributed by atoms with Gasteiger partial charge in [-0.05, 0) is 17.6 Å². The number of rotatable bonds is 4. The SMILES string of the molecule is CC(C)c1nc(C=Cc2cccc([N+](=O)[O-])c2)sc1Cl. The first kappa shape index (κ1) is 14.7. The fourth-order valence-corrected chi connectivity index (χ4v) is 3.01. The summed E-state index contributed by atoms with van der Waals surface area (Å²) in [7, 11) is 0. The van der Waals surface area contributed by atoms with Gasteiger partial charge in [0, 0.05) is 12.1 Å². The van der Waals surface area contributed by atoms with Gasteiger partial charge in [-0.3, -0.25) is 10.1 Å². The molecule has 0 atom stereocenters. The van der Waals surface area contributed by atoms with E-state index in [1.165, 1.54) is 23.5 Å². The summed E-state index contributed by atoms with van der Waals surface area (Å²) in [5.41, 5.74) is 1.72. The van der Waals surface area contributed by atoms with Crippen LogP contribution in [0.15, 0.2) is 24.3 Å². The van der Waals surface area contributed by atoms with Gasteiger partial charge in [-0.1, -0.05) is 43.7 Å². The summed E-state index contributed by atoms with van der Waals surface area (Å²) in [6.45, 7) is 4.07. The van der Waals surface area contributed by atoms with E-state index < -0.39 is 4.92 Å². The van der Waals surface area contributed by atoms with E-state index in [0.29, 0.717) is 4.34 Å². The second-order valence-corrected chi connectivity index (χ2v) is 6.18. The Morgan fingerprint density at radius 1 is 1.40 bits per heavy atom. The molecule has 0 fully saturated rings. The lowest BCUT2D eigenvalue weighted by Crippen LogP contribution is -1.88. The highest BCUT2D eigenvalue weighted by Gasteiger charge is 2.11. The van der Waals surface area contributed by atoms with E-state index in [1.807, 2.05) is 26.0 Å². The van der Waals surface area contributed by atoms with Crippen LogP contribution in [0.4, 0.5) is 5.69 Å². The Balaban J connectivity index is 2.23. The van der Waals surface area contributed by atoms with Crippen LogP contribution in [-0.2, 0) is 0 Å². The molecule has 0 aliphatic heterocycles. The van der Waals surface area contributed by atoms with Crippen LogP contribution in [0.1, 0.15) is 36.0 Å². The standard InChI is InChI=1S/C14H13ClN2O2S/c1-9(2)13-14(15)20-12(16-13)7-6-10-4-3-5-11(8-10)17(18)19/h3-9H,1-2H3. The summed E-state index contributed by atoms with van der Waals surface area (Å²) < 4.78 is 0.693. The number of hydrogen-bond acceptors (Lipinski definition) is 4. The van der Waals surface area contributed by atoms with Gasteiger partial charge in [0.2, 0.25) is 0 Å². The topological polar surface area (TPSA) is 56.0 Å². The van der Waals surface area contributed by atoms with Gasteiger partial charge in [-0.25, -0.2) is 4.98 Å². The molecule has 0 aliphatic carbocycles. The van der Waals surface area contributed by atoms with Crippen LogP contribution < -0.4 is 0 Å². The monoisotopic (exact) mass is 308 g/mol. The zero-order chi connectivity index (χ0) is 14.7. The maximum atomic E-state index is 10.7. The molecule has 0 amide bonds. The normalized spacial score (nSPS) is 11.4. The van der Waals surface area contributed by atoms with Crippen molar-refractivity contribution in [2.75, 3.05) is 0 Å². The zero-order valence-corrected chi connectivity index (χ0v) is 12.6. The zero-order valence-electron chi connectivity index (χ0n) is 11.0. The second-order valence-electron chi connectivity index (χ2n) is 4.55. The average Bonchev–Trinajstić information content (AvgIpc) is 2.78. The maximum Gasteiger partial charge on any atom is 0.270 e. The van der Waals surface area contributed by atoms with Gasteiger partial charge in [0.1, 0.15) is 9.34 Å². The quantitative estimate of drug-likeness (QED) is 0.590. The molecule has 0 saturated carbocycles. The van der Waals surface area contributed by atoms with Crippen LogP contribution in [0.5, 0.6) is 0 Å². The highest BCUT2D eigenvalue weighted by molar-refractivity contribution is 7.16. The van der Waals surface area contributed by atoms with Crippen molar-refractivity contribution in [2.24, 2.45) is 0 Å². The number of aromatic nitrogens is 1. The van der Waals surface area contributed by atoms with Crippen molar-refractivity contribution < 1.29 is 4.92 Å². The van der Waals surface area contributed by atoms with E-state index in [1.54, 1.807) is 12.1 Å². The summed E-state index contributed by atoms with van der Waals surface area (Å²) in [6, 6.07) is 6.46. The largest absolute Gasteiger partial charge is 0.270 e. The van der Waals surface area contributed by atoms with Crippen molar-refractivity contribution in [3.05, 3.63) is 55.0 Å². The van der Waals surface area contributed by atoms with Gasteiger partial charge < -0.3 is 0 Å². The molecule has 1 heterocycles. The van der Waals surface area contributed by atoms with Crippen LogP contribution in [-0.4, -0.2) is 9.91 Å². The molecular formula is C14H13ClN2O2S. The minimum absolute atomic E-state index is 0.0761. The molecule has 2 rings (SSSR count). The molecule has 6 heteroatoms. The number of nitrogens with zero attached hydrogens (tertiary/aromatic N) is 2. The number of nitro benzene ring substituents is 1. The van der Waals surface area contributed by atoms with E-state index in [0.717, 1.165) is 16.3 Å². The molecular weight excluding hydrogens is 296 g/mol. The van der Waals surface area contributed by atoms with E-state index in [-0.39, 0.29) is 11.6 Å². The summed E-state index contributed by atoms with van der Waals surface area (Å²) >= 11 is 7.53. The van der Waals surface area contributed by atoms with Crippen LogP contribution in [0.3, 0.4) is 0 Å². The maximum absolute atomic E-state index is 10.7. The lowest BCUT2D eigenvalue weighted by Gasteiger charge is -1.97. The summed E-state index contributed by atoms with van der Waals surface area (Å²) in [6.07, 6.45) is 3.62. The van der Waals surface area contributed by atoms with E-state index in [4.69, 9.17) is 11.6 Å². The van der Waals surface area contributed by atoms with E-state index in [9.17, 15) is 10.1 Å². The smallest absolute Gasteiger partial charge is 0.258 e. The molecule has 20 heavy (non-hydrogen) atoms. The number of benzene rings is 1. The molecule has 0 saturated heterocycles. The predicted octanol–water partition coefficient (Wildman–Crippen LogP) is 5.00. The number of thiazole rings is 1. The van der Waals surface area contributed by atoms with Gasteiger partial charge in [0.15, 0.2) is 0 Å². The molecule has 0 aliphatic rings. The Morgan fingerprint density at radius 2 is 2.15 bits per heavy atom. The van der Waals surface area contributed by atoms with Crippen molar-refractivity contribution >= 4 is 40.8 Å². The van der Waals surface area contributed by atoms with Crippen molar-refractivity contribution in [1.29, 1.82) is 0 Å². The number of non-ortho nitro benzene ring substituents is 1. The molecule has 4 nitrogen and oxygen atoms in total. The van der Waals surface area contributed by atoms with Gasteiger partial charge in [0.25, 0.3) is 5.69 Å². The average molecular weight is 309 g/mol. The Kier molecular flexibility index (Phi) is 4.52. The highest BCUT2D eigenvalue weighted by atomic mass is 35.5. The second kappa shape index (κ2) is 6.15. The molecule has 0 spiro atoms. The Labute approximate surface area is 125 Å².